The summed E-state index contributed by atoms with van der Waals surface area (Å²) in [6.45, 7) is 1.16. The summed E-state index contributed by atoms with van der Waals surface area (Å²) in [7, 11) is 0. The Balaban J connectivity index is 2.64. The van der Waals surface area contributed by atoms with Crippen molar-refractivity contribution in [3.8, 4) is 5.75 Å². The zero-order valence-corrected chi connectivity index (χ0v) is 8.49. The van der Waals surface area contributed by atoms with Crippen LogP contribution in [0.25, 0.3) is 0 Å². The maximum absolute atomic E-state index is 7.13. The predicted molar refractivity (Wildman–Crippen MR) is 61.1 cm³/mol. The number of hydrogen-bond donors (Lipinski definition) is 4. The first-order valence-corrected chi connectivity index (χ1v) is 4.77. The van der Waals surface area contributed by atoms with E-state index in [0.29, 0.717) is 24.6 Å². The summed E-state index contributed by atoms with van der Waals surface area (Å²) in [5.74, 6) is 0.575. The summed E-state index contributed by atoms with van der Waals surface area (Å²) in [6.07, 6.45) is 0.800. The zero-order chi connectivity index (χ0) is 11.1. The second kappa shape index (κ2) is 5.87. The first-order valence-electron chi connectivity index (χ1n) is 4.77. The molecule has 0 radical (unpaired) electrons. The molecule has 0 bridgehead atoms. The first-order chi connectivity index (χ1) is 7.24. The van der Waals surface area contributed by atoms with Crippen molar-refractivity contribution in [2.45, 2.75) is 6.42 Å². The van der Waals surface area contributed by atoms with Gasteiger partial charge in [-0.2, -0.15) is 0 Å². The lowest BCUT2D eigenvalue weighted by molar-refractivity contribution is 0.315. The van der Waals surface area contributed by atoms with Crippen LogP contribution in [0.3, 0.4) is 0 Å². The Morgan fingerprint density at radius 2 is 2.13 bits per heavy atom. The van der Waals surface area contributed by atoms with Gasteiger partial charge in [0.1, 0.15) is 5.75 Å². The van der Waals surface area contributed by atoms with Gasteiger partial charge in [0.05, 0.1) is 12.3 Å². The monoisotopic (exact) mass is 208 g/mol. The van der Waals surface area contributed by atoms with Crippen LogP contribution in [0.2, 0.25) is 0 Å². The van der Waals surface area contributed by atoms with Crippen molar-refractivity contribution in [3.05, 3.63) is 24.3 Å². The molecule has 0 unspecified atom stereocenters. The SMILES string of the molecule is N=C(N)Nc1ccccc1OCCCN. The van der Waals surface area contributed by atoms with E-state index in [2.05, 4.69) is 5.32 Å². The standard InChI is InChI=1S/C10H16N4O/c11-6-3-7-15-9-5-2-1-4-8(9)14-10(12)13/h1-2,4-5H,3,6-7,11H2,(H4,12,13,14). The molecular formula is C10H16N4O. The summed E-state index contributed by atoms with van der Waals surface area (Å²) >= 11 is 0. The third kappa shape index (κ3) is 3.86. The highest BCUT2D eigenvalue weighted by Gasteiger charge is 2.02. The minimum Gasteiger partial charge on any atom is -0.491 e. The molecule has 0 saturated carbocycles. The number of benzene rings is 1. The van der Waals surface area contributed by atoms with Gasteiger partial charge in [-0.3, -0.25) is 5.41 Å². The lowest BCUT2D eigenvalue weighted by atomic mass is 10.3. The topological polar surface area (TPSA) is 97.2 Å². The molecule has 82 valence electrons. The number of nitrogens with one attached hydrogen (secondary N) is 2. The van der Waals surface area contributed by atoms with Crippen LogP contribution in [0.5, 0.6) is 5.75 Å². The van der Waals surface area contributed by atoms with Gasteiger partial charge in [-0.1, -0.05) is 12.1 Å². The Morgan fingerprint density at radius 3 is 2.80 bits per heavy atom. The van der Waals surface area contributed by atoms with Crippen LogP contribution in [0.15, 0.2) is 24.3 Å². The fourth-order valence-corrected chi connectivity index (χ4v) is 1.11. The normalized spacial score (nSPS) is 9.67. The molecule has 1 rings (SSSR count). The van der Waals surface area contributed by atoms with Crippen LogP contribution in [-0.2, 0) is 0 Å². The molecule has 0 spiro atoms. The van der Waals surface area contributed by atoms with Gasteiger partial charge in [-0.15, -0.1) is 0 Å². The third-order valence-electron chi connectivity index (χ3n) is 1.76. The molecule has 15 heavy (non-hydrogen) atoms. The maximum atomic E-state index is 7.13. The quantitative estimate of drug-likeness (QED) is 0.325. The van der Waals surface area contributed by atoms with Crippen molar-refractivity contribution in [3.63, 3.8) is 0 Å². The molecule has 0 amide bonds. The van der Waals surface area contributed by atoms with Crippen LogP contribution in [0.1, 0.15) is 6.42 Å². The molecule has 0 heterocycles. The van der Waals surface area contributed by atoms with E-state index in [0.717, 1.165) is 6.42 Å². The molecule has 0 aliphatic carbocycles. The molecule has 0 aliphatic heterocycles. The van der Waals surface area contributed by atoms with Gasteiger partial charge in [0.15, 0.2) is 5.96 Å². The molecule has 1 aromatic rings. The predicted octanol–water partition coefficient (Wildman–Crippen LogP) is 0.720. The van der Waals surface area contributed by atoms with Crippen LogP contribution >= 0.6 is 0 Å². The molecule has 0 aromatic heterocycles. The molecule has 5 nitrogen and oxygen atoms in total. The van der Waals surface area contributed by atoms with Crippen molar-refractivity contribution in [1.82, 2.24) is 0 Å². The highest BCUT2D eigenvalue weighted by molar-refractivity contribution is 5.91. The van der Waals surface area contributed by atoms with E-state index in [1.54, 1.807) is 6.07 Å². The van der Waals surface area contributed by atoms with Gasteiger partial charge < -0.3 is 21.5 Å². The Kier molecular flexibility index (Phi) is 4.43. The molecular weight excluding hydrogens is 192 g/mol. The Bertz CT molecular complexity index is 327. The van der Waals surface area contributed by atoms with E-state index in [9.17, 15) is 0 Å². The van der Waals surface area contributed by atoms with Gasteiger partial charge in [0.25, 0.3) is 0 Å². The first kappa shape index (κ1) is 11.3. The van der Waals surface area contributed by atoms with Crippen LogP contribution in [-0.4, -0.2) is 19.1 Å². The summed E-state index contributed by atoms with van der Waals surface area (Å²) in [5, 5.41) is 9.84. The molecule has 5 heteroatoms. The number of rotatable bonds is 5. The number of para-hydroxylation sites is 2. The lowest BCUT2D eigenvalue weighted by Gasteiger charge is -2.11. The van der Waals surface area contributed by atoms with Crippen molar-refractivity contribution >= 4 is 11.6 Å². The maximum Gasteiger partial charge on any atom is 0.190 e. The van der Waals surface area contributed by atoms with E-state index in [1.165, 1.54) is 0 Å². The van der Waals surface area contributed by atoms with Crippen LogP contribution in [0.4, 0.5) is 5.69 Å². The summed E-state index contributed by atoms with van der Waals surface area (Å²) in [5.41, 5.74) is 11.3. The second-order valence-corrected chi connectivity index (χ2v) is 3.03. The fourth-order valence-electron chi connectivity index (χ4n) is 1.11. The minimum atomic E-state index is -0.107. The molecule has 6 N–H and O–H groups in total. The van der Waals surface area contributed by atoms with Crippen molar-refractivity contribution in [1.29, 1.82) is 5.41 Å². The molecule has 0 aliphatic rings. The Morgan fingerprint density at radius 1 is 1.40 bits per heavy atom. The van der Waals surface area contributed by atoms with Gasteiger partial charge in [0.2, 0.25) is 0 Å². The highest BCUT2D eigenvalue weighted by Crippen LogP contribution is 2.23. The highest BCUT2D eigenvalue weighted by atomic mass is 16.5. The van der Waals surface area contributed by atoms with E-state index in [1.807, 2.05) is 18.2 Å². The summed E-state index contributed by atoms with van der Waals surface area (Å²) < 4.78 is 5.48. The third-order valence-corrected chi connectivity index (χ3v) is 1.76. The van der Waals surface area contributed by atoms with Crippen molar-refractivity contribution < 1.29 is 4.74 Å². The van der Waals surface area contributed by atoms with Crippen molar-refractivity contribution in [2.75, 3.05) is 18.5 Å². The van der Waals surface area contributed by atoms with Gasteiger partial charge in [0, 0.05) is 0 Å². The summed E-state index contributed by atoms with van der Waals surface area (Å²) in [4.78, 5) is 0. The number of hydrogen-bond acceptors (Lipinski definition) is 3. The van der Waals surface area contributed by atoms with Crippen LogP contribution in [0, 0.1) is 5.41 Å². The largest absolute Gasteiger partial charge is 0.491 e. The average Bonchev–Trinajstić information content (AvgIpc) is 2.20. The fraction of sp³-hybridized carbons (Fsp3) is 0.300. The zero-order valence-electron chi connectivity index (χ0n) is 8.49. The Hall–Kier alpha value is -1.75. The lowest BCUT2D eigenvalue weighted by Crippen LogP contribution is -2.21. The molecule has 0 saturated heterocycles. The number of guanidine groups is 1. The number of nitrogens with two attached hydrogens (primary N) is 2. The smallest absolute Gasteiger partial charge is 0.190 e. The minimum absolute atomic E-state index is 0.107. The van der Waals surface area contributed by atoms with Gasteiger partial charge in [-0.05, 0) is 25.1 Å². The van der Waals surface area contributed by atoms with E-state index in [4.69, 9.17) is 21.6 Å². The van der Waals surface area contributed by atoms with Gasteiger partial charge in [-0.25, -0.2) is 0 Å². The molecule has 0 fully saturated rings. The van der Waals surface area contributed by atoms with Gasteiger partial charge >= 0.3 is 0 Å². The van der Waals surface area contributed by atoms with E-state index >= 15 is 0 Å². The Labute approximate surface area is 88.9 Å². The molecule has 1 aromatic carbocycles. The summed E-state index contributed by atoms with van der Waals surface area (Å²) in [6, 6.07) is 7.34. The number of ether oxygens (including phenoxy) is 1. The van der Waals surface area contributed by atoms with Crippen molar-refractivity contribution in [2.24, 2.45) is 11.5 Å². The molecule has 0 atom stereocenters. The van der Waals surface area contributed by atoms with E-state index < -0.39 is 0 Å². The average molecular weight is 208 g/mol. The number of anilines is 1. The van der Waals surface area contributed by atoms with Crippen LogP contribution < -0.4 is 21.5 Å². The van der Waals surface area contributed by atoms with E-state index in [-0.39, 0.29) is 5.96 Å². The second-order valence-electron chi connectivity index (χ2n) is 3.03.